The van der Waals surface area contributed by atoms with E-state index in [0.717, 1.165) is 6.07 Å². The van der Waals surface area contributed by atoms with Crippen LogP contribution in [0.3, 0.4) is 0 Å². The minimum Gasteiger partial charge on any atom is -0.493 e. The molecule has 1 aromatic heterocycles. The van der Waals surface area contributed by atoms with E-state index in [0.29, 0.717) is 17.1 Å². The van der Waals surface area contributed by atoms with Crippen LogP contribution in [-0.2, 0) is 16.1 Å². The summed E-state index contributed by atoms with van der Waals surface area (Å²) in [5.74, 6) is -1.13. The number of methoxy groups -OCH3 is 2. The molecule has 154 valence electrons. The van der Waals surface area contributed by atoms with E-state index in [1.54, 1.807) is 25.1 Å². The first-order valence-electron chi connectivity index (χ1n) is 8.79. The van der Waals surface area contributed by atoms with Crippen molar-refractivity contribution in [1.82, 2.24) is 0 Å². The summed E-state index contributed by atoms with van der Waals surface area (Å²) < 4.78 is 26.8. The molecule has 0 bridgehead atoms. The smallest absolute Gasteiger partial charge is 0.340 e. The van der Waals surface area contributed by atoms with Crippen molar-refractivity contribution in [1.29, 1.82) is 0 Å². The number of aliphatic hydroxyl groups is 1. The van der Waals surface area contributed by atoms with Crippen molar-refractivity contribution in [2.24, 2.45) is 5.73 Å². The lowest BCUT2D eigenvalue weighted by atomic mass is 9.86. The first kappa shape index (κ1) is 20.3. The lowest BCUT2D eigenvalue weighted by Crippen LogP contribution is -2.30. The van der Waals surface area contributed by atoms with Crippen LogP contribution >= 0.6 is 0 Å². The molecule has 2 heterocycles. The maximum absolute atomic E-state index is 12.7. The Morgan fingerprint density at radius 2 is 1.93 bits per heavy atom. The summed E-state index contributed by atoms with van der Waals surface area (Å²) in [4.78, 5) is 25.1. The number of carbonyl (C=O) groups is 1. The van der Waals surface area contributed by atoms with Crippen molar-refractivity contribution in [2.45, 2.75) is 19.4 Å². The summed E-state index contributed by atoms with van der Waals surface area (Å²) in [5.41, 5.74) is 5.96. The molecule has 0 saturated heterocycles. The van der Waals surface area contributed by atoms with Gasteiger partial charge >= 0.3 is 5.97 Å². The standard InChI is InChI=1S/C20H21NO8/c1-4-27-20(24)16-15(10-5-6-13(25-2)14(7-10)26-3)18-17(29-19(16)21)12(23)8-11(9-22)28-18/h5-8,15,22H,4,9,21H2,1-3H3. The van der Waals surface area contributed by atoms with Crippen molar-refractivity contribution in [2.75, 3.05) is 20.8 Å². The molecular weight excluding hydrogens is 382 g/mol. The zero-order valence-electron chi connectivity index (χ0n) is 16.2. The summed E-state index contributed by atoms with van der Waals surface area (Å²) in [6, 6.07) is 6.07. The maximum Gasteiger partial charge on any atom is 0.340 e. The van der Waals surface area contributed by atoms with Crippen LogP contribution < -0.4 is 25.4 Å². The zero-order valence-corrected chi connectivity index (χ0v) is 16.2. The Kier molecular flexibility index (Phi) is 5.79. The molecule has 0 saturated carbocycles. The molecule has 1 aromatic carbocycles. The molecular formula is C20H21NO8. The van der Waals surface area contributed by atoms with Gasteiger partial charge in [-0.15, -0.1) is 0 Å². The molecule has 1 aliphatic heterocycles. The molecule has 0 amide bonds. The number of benzene rings is 1. The first-order chi connectivity index (χ1) is 13.9. The highest BCUT2D eigenvalue weighted by molar-refractivity contribution is 5.92. The van der Waals surface area contributed by atoms with Gasteiger partial charge in [-0.3, -0.25) is 4.79 Å². The van der Waals surface area contributed by atoms with E-state index in [1.807, 2.05) is 0 Å². The fourth-order valence-corrected chi connectivity index (χ4v) is 3.13. The number of hydrogen-bond donors (Lipinski definition) is 2. The molecule has 3 rings (SSSR count). The fraction of sp³-hybridized carbons (Fsp3) is 0.300. The summed E-state index contributed by atoms with van der Waals surface area (Å²) in [6.07, 6.45) is 0. The van der Waals surface area contributed by atoms with E-state index in [1.165, 1.54) is 14.2 Å². The Hall–Kier alpha value is -3.46. The van der Waals surface area contributed by atoms with E-state index >= 15 is 0 Å². The highest BCUT2D eigenvalue weighted by Crippen LogP contribution is 2.43. The van der Waals surface area contributed by atoms with Crippen LogP contribution in [0.1, 0.15) is 29.9 Å². The summed E-state index contributed by atoms with van der Waals surface area (Å²) in [5, 5.41) is 9.44. The van der Waals surface area contributed by atoms with Gasteiger partial charge in [0.2, 0.25) is 17.1 Å². The van der Waals surface area contributed by atoms with Crippen molar-refractivity contribution < 1.29 is 33.3 Å². The van der Waals surface area contributed by atoms with Crippen LogP contribution in [0.5, 0.6) is 17.2 Å². The minimum absolute atomic E-state index is 0.0199. The van der Waals surface area contributed by atoms with Gasteiger partial charge < -0.3 is 34.2 Å². The molecule has 9 nitrogen and oxygen atoms in total. The Morgan fingerprint density at radius 3 is 2.55 bits per heavy atom. The molecule has 1 aliphatic rings. The molecule has 0 spiro atoms. The predicted molar refractivity (Wildman–Crippen MR) is 101 cm³/mol. The van der Waals surface area contributed by atoms with Crippen LogP contribution in [0.4, 0.5) is 0 Å². The molecule has 2 aromatic rings. The predicted octanol–water partition coefficient (Wildman–Crippen LogP) is 1.41. The van der Waals surface area contributed by atoms with E-state index in [2.05, 4.69) is 0 Å². The van der Waals surface area contributed by atoms with Gasteiger partial charge in [0.25, 0.3) is 0 Å². The number of carbonyl (C=O) groups excluding carboxylic acids is 1. The number of fused-ring (bicyclic) bond motifs is 1. The lowest BCUT2D eigenvalue weighted by molar-refractivity contribution is -0.139. The topological polar surface area (TPSA) is 130 Å². The molecule has 0 aliphatic carbocycles. The van der Waals surface area contributed by atoms with Gasteiger partial charge in [-0.2, -0.15) is 0 Å². The van der Waals surface area contributed by atoms with Crippen LogP contribution in [0.2, 0.25) is 0 Å². The van der Waals surface area contributed by atoms with Crippen LogP contribution in [0.15, 0.2) is 44.9 Å². The van der Waals surface area contributed by atoms with Gasteiger partial charge in [0.1, 0.15) is 17.9 Å². The largest absolute Gasteiger partial charge is 0.493 e. The van der Waals surface area contributed by atoms with Gasteiger partial charge in [-0.1, -0.05) is 6.07 Å². The first-order valence-corrected chi connectivity index (χ1v) is 8.79. The van der Waals surface area contributed by atoms with Crippen molar-refractivity contribution in [3.63, 3.8) is 0 Å². The SMILES string of the molecule is CCOC(=O)C1=C(N)Oc2c(oc(CO)cc2=O)C1c1ccc(OC)c(OC)c1. The average molecular weight is 403 g/mol. The number of aliphatic hydroxyl groups excluding tert-OH is 1. The van der Waals surface area contributed by atoms with Crippen molar-refractivity contribution in [3.8, 4) is 17.2 Å². The second-order valence-electron chi connectivity index (χ2n) is 6.08. The second-order valence-corrected chi connectivity index (χ2v) is 6.08. The molecule has 9 heteroatoms. The third-order valence-electron chi connectivity index (χ3n) is 4.40. The lowest BCUT2D eigenvalue weighted by Gasteiger charge is -2.27. The maximum atomic E-state index is 12.7. The van der Waals surface area contributed by atoms with Gasteiger partial charge in [0.15, 0.2) is 17.3 Å². The third-order valence-corrected chi connectivity index (χ3v) is 4.40. The quantitative estimate of drug-likeness (QED) is 0.687. The Labute approximate surface area is 166 Å². The van der Waals surface area contributed by atoms with Crippen molar-refractivity contribution in [3.05, 3.63) is 63.0 Å². The van der Waals surface area contributed by atoms with Crippen LogP contribution in [-0.4, -0.2) is 31.9 Å². The van der Waals surface area contributed by atoms with Crippen molar-refractivity contribution >= 4 is 5.97 Å². The summed E-state index contributed by atoms with van der Waals surface area (Å²) in [7, 11) is 2.97. The molecule has 1 unspecified atom stereocenters. The van der Waals surface area contributed by atoms with Gasteiger partial charge in [-0.05, 0) is 24.6 Å². The van der Waals surface area contributed by atoms with E-state index in [4.69, 9.17) is 29.1 Å². The fourth-order valence-electron chi connectivity index (χ4n) is 3.13. The molecule has 29 heavy (non-hydrogen) atoms. The average Bonchev–Trinajstić information content (AvgIpc) is 2.72. The number of ether oxygens (including phenoxy) is 4. The van der Waals surface area contributed by atoms with E-state index in [9.17, 15) is 14.7 Å². The third kappa shape index (κ3) is 3.64. The molecule has 3 N–H and O–H groups in total. The minimum atomic E-state index is -0.920. The zero-order chi connectivity index (χ0) is 21.1. The summed E-state index contributed by atoms with van der Waals surface area (Å²) in [6.45, 7) is 1.26. The van der Waals surface area contributed by atoms with Gasteiger partial charge in [0.05, 0.1) is 26.7 Å². The van der Waals surface area contributed by atoms with E-state index < -0.39 is 23.9 Å². The number of esters is 1. The van der Waals surface area contributed by atoms with Gasteiger partial charge in [-0.25, -0.2) is 4.79 Å². The highest BCUT2D eigenvalue weighted by atomic mass is 16.5. The Balaban J connectivity index is 2.28. The Morgan fingerprint density at radius 1 is 1.21 bits per heavy atom. The normalized spacial score (nSPS) is 15.4. The highest BCUT2D eigenvalue weighted by Gasteiger charge is 2.39. The second kappa shape index (κ2) is 8.27. The van der Waals surface area contributed by atoms with Gasteiger partial charge in [0, 0.05) is 6.07 Å². The summed E-state index contributed by atoms with van der Waals surface area (Å²) >= 11 is 0. The van der Waals surface area contributed by atoms with E-state index in [-0.39, 0.29) is 35.3 Å². The Bertz CT molecular complexity index is 1020. The molecule has 0 fully saturated rings. The van der Waals surface area contributed by atoms with Crippen LogP contribution in [0, 0.1) is 0 Å². The number of rotatable bonds is 6. The monoisotopic (exact) mass is 403 g/mol. The number of hydrogen-bond acceptors (Lipinski definition) is 9. The number of nitrogens with two attached hydrogens (primary N) is 1. The molecule has 0 radical (unpaired) electrons. The van der Waals surface area contributed by atoms with Crippen LogP contribution in [0.25, 0.3) is 0 Å². The molecule has 1 atom stereocenters.